The molecule has 0 N–H and O–H groups in total. The minimum Gasteiger partial charge on any atom is -0.542 e. The molecule has 1 unspecified atom stereocenters. The summed E-state index contributed by atoms with van der Waals surface area (Å²) in [5, 5.41) is 0.509. The van der Waals surface area contributed by atoms with Crippen LogP contribution in [0.4, 0.5) is 0 Å². The average molecular weight is 354 g/mol. The molecule has 0 aliphatic carbocycles. The molecule has 1 aromatic carbocycles. The van der Waals surface area contributed by atoms with Crippen molar-refractivity contribution in [2.24, 2.45) is 5.92 Å². The van der Waals surface area contributed by atoms with E-state index < -0.39 is 0 Å². The molecule has 1 aliphatic heterocycles. The Morgan fingerprint density at radius 2 is 2.06 bits per heavy atom. The zero-order valence-corrected chi connectivity index (χ0v) is 17.3. The average Bonchev–Trinajstić information content (AvgIpc) is 2.65. The van der Waals surface area contributed by atoms with Crippen LogP contribution in [0.5, 0.6) is 0 Å². The SMILES string of the molecule is C[C@H]1[CH-]OC(S[C@H](C)c2ccccc2)C1.[Cs+]. The fourth-order valence-corrected chi connectivity index (χ4v) is 3.07. The topological polar surface area (TPSA) is 9.23 Å². The molecule has 0 spiro atoms. The quantitative estimate of drug-likeness (QED) is 0.750. The molecule has 1 saturated heterocycles. The van der Waals surface area contributed by atoms with E-state index in [0.29, 0.717) is 16.6 Å². The van der Waals surface area contributed by atoms with E-state index in [0.717, 1.165) is 6.42 Å². The summed E-state index contributed by atoms with van der Waals surface area (Å²) in [6.07, 6.45) is 1.14. The minimum atomic E-state index is 0. The largest absolute Gasteiger partial charge is 1.00 e. The van der Waals surface area contributed by atoms with Crippen LogP contribution in [0.25, 0.3) is 0 Å². The van der Waals surface area contributed by atoms with Crippen LogP contribution >= 0.6 is 11.8 Å². The first-order chi connectivity index (χ1) is 7.25. The first kappa shape index (κ1) is 15.6. The van der Waals surface area contributed by atoms with Crippen molar-refractivity contribution in [3.05, 3.63) is 42.5 Å². The number of benzene rings is 1. The molecule has 3 atom stereocenters. The van der Waals surface area contributed by atoms with Gasteiger partial charge in [0.2, 0.25) is 0 Å². The Morgan fingerprint density at radius 1 is 1.38 bits per heavy atom. The van der Waals surface area contributed by atoms with Gasteiger partial charge < -0.3 is 4.74 Å². The van der Waals surface area contributed by atoms with E-state index in [1.165, 1.54) is 5.56 Å². The second-order valence-electron chi connectivity index (χ2n) is 4.10. The maximum Gasteiger partial charge on any atom is 1.00 e. The Morgan fingerprint density at radius 3 is 2.62 bits per heavy atom. The van der Waals surface area contributed by atoms with E-state index in [-0.39, 0.29) is 68.9 Å². The molecule has 0 bridgehead atoms. The van der Waals surface area contributed by atoms with Crippen LogP contribution in [-0.4, -0.2) is 5.44 Å². The number of hydrogen-bond acceptors (Lipinski definition) is 2. The molecule has 2 rings (SSSR count). The van der Waals surface area contributed by atoms with E-state index in [2.05, 4.69) is 44.2 Å². The van der Waals surface area contributed by atoms with Crippen LogP contribution in [0.15, 0.2) is 30.3 Å². The Labute approximate surface area is 162 Å². The Kier molecular flexibility index (Phi) is 7.72. The van der Waals surface area contributed by atoms with Gasteiger partial charge in [0.05, 0.1) is 5.44 Å². The van der Waals surface area contributed by atoms with Gasteiger partial charge in [0.15, 0.2) is 0 Å². The third kappa shape index (κ3) is 4.69. The van der Waals surface area contributed by atoms with Gasteiger partial charge in [-0.2, -0.15) is 0 Å². The first-order valence-electron chi connectivity index (χ1n) is 5.45. The van der Waals surface area contributed by atoms with Gasteiger partial charge in [-0.15, -0.1) is 17.7 Å². The summed E-state index contributed by atoms with van der Waals surface area (Å²) in [6.45, 7) is 6.41. The molecule has 1 aromatic rings. The second kappa shape index (κ2) is 7.90. The van der Waals surface area contributed by atoms with Crippen LogP contribution in [0.1, 0.15) is 31.1 Å². The molecule has 0 saturated carbocycles. The summed E-state index contributed by atoms with van der Waals surface area (Å²) in [5.41, 5.74) is 1.72. The predicted octanol–water partition coefficient (Wildman–Crippen LogP) is 1.03. The predicted molar refractivity (Wildman–Crippen MR) is 65.4 cm³/mol. The van der Waals surface area contributed by atoms with Crippen molar-refractivity contribution in [2.45, 2.75) is 31.0 Å². The zero-order chi connectivity index (χ0) is 10.7. The molecule has 3 heteroatoms. The molecule has 1 fully saturated rings. The molecule has 0 amide bonds. The fourth-order valence-electron chi connectivity index (χ4n) is 1.75. The van der Waals surface area contributed by atoms with Crippen LogP contribution in [0.2, 0.25) is 0 Å². The third-order valence-corrected chi connectivity index (χ3v) is 3.94. The monoisotopic (exact) mass is 354 g/mol. The molecule has 1 heterocycles. The summed E-state index contributed by atoms with van der Waals surface area (Å²) in [7, 11) is 0. The van der Waals surface area contributed by atoms with Crippen molar-refractivity contribution >= 4 is 11.8 Å². The van der Waals surface area contributed by atoms with Crippen molar-refractivity contribution in [2.75, 3.05) is 0 Å². The van der Waals surface area contributed by atoms with Gasteiger partial charge in [0, 0.05) is 5.25 Å². The molecule has 1 aliphatic rings. The van der Waals surface area contributed by atoms with Gasteiger partial charge in [-0.1, -0.05) is 37.3 Å². The van der Waals surface area contributed by atoms with Gasteiger partial charge in [-0.05, 0) is 18.9 Å². The number of rotatable bonds is 3. The maximum absolute atomic E-state index is 5.60. The van der Waals surface area contributed by atoms with E-state index in [9.17, 15) is 0 Å². The Bertz CT molecular complexity index is 304. The summed E-state index contributed by atoms with van der Waals surface area (Å²) in [4.78, 5) is 0. The molecule has 16 heavy (non-hydrogen) atoms. The summed E-state index contributed by atoms with van der Waals surface area (Å²) in [5.74, 6) is 0.602. The van der Waals surface area contributed by atoms with Crippen LogP contribution in [-0.2, 0) is 4.74 Å². The van der Waals surface area contributed by atoms with Gasteiger partial charge in [-0.3, -0.25) is 0 Å². The van der Waals surface area contributed by atoms with E-state index in [4.69, 9.17) is 4.74 Å². The van der Waals surface area contributed by atoms with Crippen molar-refractivity contribution in [3.63, 3.8) is 0 Å². The molecule has 0 radical (unpaired) electrons. The van der Waals surface area contributed by atoms with Gasteiger partial charge in [-0.25, -0.2) is 6.61 Å². The van der Waals surface area contributed by atoms with Crippen molar-refractivity contribution < 1.29 is 73.6 Å². The number of thioether (sulfide) groups is 1. The smallest absolute Gasteiger partial charge is 0.542 e. The Balaban J connectivity index is 0.00000128. The molecule has 0 aromatic heterocycles. The second-order valence-corrected chi connectivity index (χ2v) is 5.61. The summed E-state index contributed by atoms with van der Waals surface area (Å²) in [6, 6.07) is 10.6. The summed E-state index contributed by atoms with van der Waals surface area (Å²) >= 11 is 1.91. The first-order valence-corrected chi connectivity index (χ1v) is 6.39. The summed E-state index contributed by atoms with van der Waals surface area (Å²) < 4.78 is 5.60. The number of ether oxygens (including phenoxy) is 1. The van der Waals surface area contributed by atoms with Crippen molar-refractivity contribution in [1.29, 1.82) is 0 Å². The van der Waals surface area contributed by atoms with Gasteiger partial charge in [0.1, 0.15) is 0 Å². The maximum atomic E-state index is 5.60. The van der Waals surface area contributed by atoms with E-state index in [1.807, 2.05) is 18.4 Å². The zero-order valence-electron chi connectivity index (χ0n) is 10.2. The van der Waals surface area contributed by atoms with Crippen LogP contribution < -0.4 is 68.9 Å². The van der Waals surface area contributed by atoms with Gasteiger partial charge >= 0.3 is 68.9 Å². The molecule has 82 valence electrons. The van der Waals surface area contributed by atoms with Crippen LogP contribution in [0.3, 0.4) is 0 Å². The normalized spacial score (nSPS) is 26.1. The standard InChI is InChI=1S/C13H17OS.Cs/c1-10-8-13(14-9-10)15-11(2)12-6-4-3-5-7-12;/h3-7,9-11,13H,8H2,1-2H3;/q-1;+1/t10-,11-,13?;/m1./s1. The third-order valence-electron chi connectivity index (χ3n) is 2.65. The molecule has 1 nitrogen and oxygen atoms in total. The molecular formula is C13H17CsOS. The fraction of sp³-hybridized carbons (Fsp3) is 0.462. The van der Waals surface area contributed by atoms with E-state index >= 15 is 0 Å². The van der Waals surface area contributed by atoms with Crippen molar-refractivity contribution in [3.8, 4) is 0 Å². The number of hydrogen-bond donors (Lipinski definition) is 0. The van der Waals surface area contributed by atoms with E-state index in [1.54, 1.807) is 0 Å². The van der Waals surface area contributed by atoms with Crippen molar-refractivity contribution in [1.82, 2.24) is 0 Å². The minimum absolute atomic E-state index is 0. The van der Waals surface area contributed by atoms with Crippen LogP contribution in [0, 0.1) is 12.5 Å². The van der Waals surface area contributed by atoms with Gasteiger partial charge in [0.25, 0.3) is 0 Å². The molecular weight excluding hydrogens is 337 g/mol. The Hall–Kier alpha value is 1.58.